The summed E-state index contributed by atoms with van der Waals surface area (Å²) in [7, 11) is 0. The molecule has 3 aromatic carbocycles. The van der Waals surface area contributed by atoms with E-state index < -0.39 is 0 Å². The van der Waals surface area contributed by atoms with Crippen LogP contribution in [0.4, 0.5) is 0 Å². The molecule has 0 saturated carbocycles. The number of Topliss-reactive ketones (excluding diaryl/α,β-unsaturated/α-hetero) is 1. The van der Waals surface area contributed by atoms with Crippen LogP contribution in [0.15, 0.2) is 84.0 Å². The van der Waals surface area contributed by atoms with E-state index in [4.69, 9.17) is 12.2 Å². The lowest BCUT2D eigenvalue weighted by Crippen LogP contribution is -2.17. The Hall–Kier alpha value is -3.02. The summed E-state index contributed by atoms with van der Waals surface area (Å²) in [5, 5.41) is 0.809. The van der Waals surface area contributed by atoms with E-state index >= 15 is 0 Å². The molecule has 1 N–H and O–H groups in total. The molecule has 4 rings (SSSR count). The van der Waals surface area contributed by atoms with Crippen LogP contribution < -0.4 is 0 Å². The molecule has 0 aliphatic rings. The van der Waals surface area contributed by atoms with Crippen molar-refractivity contribution >= 4 is 29.8 Å². The minimum absolute atomic E-state index is 0.131. The van der Waals surface area contributed by atoms with Crippen LogP contribution in [0.25, 0.3) is 0 Å². The van der Waals surface area contributed by atoms with Crippen LogP contribution in [0.1, 0.15) is 49.8 Å². The number of carbonyl (C=O) groups excluding carboxylic acids is 1. The predicted octanol–water partition coefficient (Wildman–Crippen LogP) is 7.37. The third-order valence-corrected chi connectivity index (χ3v) is 6.75. The van der Waals surface area contributed by atoms with Crippen molar-refractivity contribution in [3.05, 3.63) is 123 Å². The van der Waals surface area contributed by atoms with Gasteiger partial charge in [-0.05, 0) is 54.7 Å². The van der Waals surface area contributed by atoms with Gasteiger partial charge in [-0.25, -0.2) is 4.98 Å². The van der Waals surface area contributed by atoms with Gasteiger partial charge in [0.05, 0.1) is 5.92 Å². The van der Waals surface area contributed by atoms with Gasteiger partial charge in [-0.2, -0.15) is 0 Å². The van der Waals surface area contributed by atoms with Crippen molar-refractivity contribution in [2.75, 3.05) is 0 Å². The van der Waals surface area contributed by atoms with Gasteiger partial charge in [0.25, 0.3) is 0 Å². The van der Waals surface area contributed by atoms with E-state index in [2.05, 4.69) is 22.1 Å². The SMILES string of the molecule is Cc1cc(=S)nc(SCc2cc(C)c(C(=O)C(c3ccccc3)c3ccccc3)c(C)c2)[nH]1. The highest BCUT2D eigenvalue weighted by atomic mass is 32.2. The molecule has 1 heterocycles. The highest BCUT2D eigenvalue weighted by molar-refractivity contribution is 7.98. The maximum atomic E-state index is 13.9. The highest BCUT2D eigenvalue weighted by Crippen LogP contribution is 2.32. The van der Waals surface area contributed by atoms with Gasteiger partial charge in [0.2, 0.25) is 0 Å². The van der Waals surface area contributed by atoms with Crippen molar-refractivity contribution in [1.29, 1.82) is 0 Å². The average molecular weight is 471 g/mol. The van der Waals surface area contributed by atoms with Gasteiger partial charge in [-0.1, -0.05) is 96.8 Å². The van der Waals surface area contributed by atoms with Crippen LogP contribution in [0.5, 0.6) is 0 Å². The second kappa shape index (κ2) is 10.3. The molecule has 0 aliphatic heterocycles. The normalized spacial score (nSPS) is 11.0. The number of hydrogen-bond acceptors (Lipinski definition) is 4. The number of rotatable bonds is 7. The Morgan fingerprint density at radius 1 is 0.909 bits per heavy atom. The summed E-state index contributed by atoms with van der Waals surface area (Å²) in [6.45, 7) is 6.03. The fraction of sp³-hybridized carbons (Fsp3) is 0.179. The van der Waals surface area contributed by atoms with Gasteiger partial charge in [-0.3, -0.25) is 4.79 Å². The summed E-state index contributed by atoms with van der Waals surface area (Å²) in [6.07, 6.45) is 0. The number of benzene rings is 3. The molecule has 166 valence electrons. The molecule has 0 atom stereocenters. The minimum atomic E-state index is -0.332. The maximum Gasteiger partial charge on any atom is 0.175 e. The lowest BCUT2D eigenvalue weighted by Gasteiger charge is -2.20. The highest BCUT2D eigenvalue weighted by Gasteiger charge is 2.26. The standard InChI is InChI=1S/C28H26N2OS2/c1-18-14-21(17-33-28-29-20(3)16-24(32)30-28)15-19(2)25(18)27(31)26(22-10-6-4-7-11-22)23-12-8-5-9-13-23/h4-16,26H,17H2,1-3H3,(H,29,30,32). The largest absolute Gasteiger partial charge is 0.338 e. The molecule has 5 heteroatoms. The molecule has 4 aromatic rings. The number of carbonyl (C=O) groups is 1. The Labute approximate surface area is 204 Å². The molecule has 0 radical (unpaired) electrons. The van der Waals surface area contributed by atoms with Crippen molar-refractivity contribution < 1.29 is 4.79 Å². The number of hydrogen-bond donors (Lipinski definition) is 1. The number of H-pyrrole nitrogens is 1. The summed E-state index contributed by atoms with van der Waals surface area (Å²) >= 11 is 6.84. The Morgan fingerprint density at radius 2 is 1.45 bits per heavy atom. The van der Waals surface area contributed by atoms with Gasteiger partial charge >= 0.3 is 0 Å². The van der Waals surface area contributed by atoms with Crippen molar-refractivity contribution in [2.45, 2.75) is 37.6 Å². The Balaban J connectivity index is 1.65. The Kier molecular flexibility index (Phi) is 7.21. The first-order valence-electron chi connectivity index (χ1n) is 10.9. The summed E-state index contributed by atoms with van der Waals surface area (Å²) in [4.78, 5) is 21.6. The monoisotopic (exact) mass is 470 g/mol. The lowest BCUT2D eigenvalue weighted by atomic mass is 9.82. The Morgan fingerprint density at radius 3 is 1.97 bits per heavy atom. The zero-order chi connectivity index (χ0) is 23.4. The van der Waals surface area contributed by atoms with E-state index in [1.807, 2.05) is 87.5 Å². The fourth-order valence-electron chi connectivity index (χ4n) is 4.23. The lowest BCUT2D eigenvalue weighted by molar-refractivity contribution is 0.0972. The number of nitrogens with one attached hydrogen (secondary N) is 1. The molecular formula is C28H26N2OS2. The minimum Gasteiger partial charge on any atom is -0.338 e. The fourth-order valence-corrected chi connectivity index (χ4v) is 5.42. The third kappa shape index (κ3) is 5.49. The van der Waals surface area contributed by atoms with Gasteiger partial charge in [0.1, 0.15) is 4.64 Å². The summed E-state index contributed by atoms with van der Waals surface area (Å²) in [5.41, 5.74) is 6.97. The van der Waals surface area contributed by atoms with Crippen LogP contribution >= 0.6 is 24.0 Å². The molecule has 0 saturated heterocycles. The topological polar surface area (TPSA) is 45.8 Å². The molecular weight excluding hydrogens is 444 g/mol. The number of ketones is 1. The molecule has 0 fully saturated rings. The van der Waals surface area contributed by atoms with Crippen LogP contribution in [-0.2, 0) is 5.75 Å². The van der Waals surface area contributed by atoms with Crippen molar-refractivity contribution in [2.24, 2.45) is 0 Å². The molecule has 0 unspecified atom stereocenters. The van der Waals surface area contributed by atoms with E-state index in [1.165, 1.54) is 0 Å². The summed E-state index contributed by atoms with van der Waals surface area (Å²) in [6, 6.07) is 26.1. The van der Waals surface area contributed by atoms with Gasteiger partial charge in [0, 0.05) is 17.0 Å². The molecule has 0 amide bonds. The van der Waals surface area contributed by atoms with E-state index in [0.717, 1.165) is 50.0 Å². The van der Waals surface area contributed by atoms with Gasteiger partial charge < -0.3 is 4.98 Å². The zero-order valence-corrected chi connectivity index (χ0v) is 20.6. The average Bonchev–Trinajstić information content (AvgIpc) is 2.78. The van der Waals surface area contributed by atoms with Crippen LogP contribution in [0.3, 0.4) is 0 Å². The number of aryl methyl sites for hydroxylation is 3. The second-order valence-corrected chi connectivity index (χ2v) is 9.60. The van der Waals surface area contributed by atoms with Gasteiger partial charge in [0.15, 0.2) is 10.9 Å². The first-order valence-corrected chi connectivity index (χ1v) is 12.3. The number of thioether (sulfide) groups is 1. The molecule has 33 heavy (non-hydrogen) atoms. The van der Waals surface area contributed by atoms with Crippen LogP contribution in [-0.4, -0.2) is 15.8 Å². The predicted molar refractivity (Wildman–Crippen MR) is 139 cm³/mol. The zero-order valence-electron chi connectivity index (χ0n) is 19.0. The number of aromatic nitrogens is 2. The van der Waals surface area contributed by atoms with E-state index in [-0.39, 0.29) is 11.7 Å². The Bertz CT molecular complexity index is 1270. The van der Waals surface area contributed by atoms with Crippen molar-refractivity contribution in [3.63, 3.8) is 0 Å². The molecule has 3 nitrogen and oxygen atoms in total. The number of nitrogens with zero attached hydrogens (tertiary/aromatic N) is 1. The number of aromatic amines is 1. The van der Waals surface area contributed by atoms with Crippen LogP contribution in [0.2, 0.25) is 0 Å². The summed E-state index contributed by atoms with van der Waals surface area (Å²) < 4.78 is 0.593. The van der Waals surface area contributed by atoms with Gasteiger partial charge in [-0.15, -0.1) is 0 Å². The quantitative estimate of drug-likeness (QED) is 0.133. The molecule has 0 spiro atoms. The van der Waals surface area contributed by atoms with Crippen molar-refractivity contribution in [1.82, 2.24) is 9.97 Å². The van der Waals surface area contributed by atoms with E-state index in [1.54, 1.807) is 11.8 Å². The first-order chi connectivity index (χ1) is 15.9. The third-order valence-electron chi connectivity index (χ3n) is 5.60. The smallest absolute Gasteiger partial charge is 0.175 e. The van der Waals surface area contributed by atoms with E-state index in [9.17, 15) is 4.79 Å². The first kappa shape index (κ1) is 23.1. The molecule has 0 bridgehead atoms. The van der Waals surface area contributed by atoms with E-state index in [0.29, 0.717) is 4.64 Å². The maximum absolute atomic E-state index is 13.9. The van der Waals surface area contributed by atoms with Crippen LogP contribution in [0, 0.1) is 25.4 Å². The molecule has 0 aliphatic carbocycles. The summed E-state index contributed by atoms with van der Waals surface area (Å²) in [5.74, 6) is 0.547. The van der Waals surface area contributed by atoms with Crippen molar-refractivity contribution in [3.8, 4) is 0 Å². The molecule has 1 aromatic heterocycles. The second-order valence-electron chi connectivity index (χ2n) is 8.22.